The fourth-order valence-corrected chi connectivity index (χ4v) is 1.93. The summed E-state index contributed by atoms with van der Waals surface area (Å²) in [6, 6.07) is 10.1. The van der Waals surface area contributed by atoms with Crippen molar-refractivity contribution in [1.82, 2.24) is 15.1 Å². The molecule has 0 radical (unpaired) electrons. The largest absolute Gasteiger partial charge is 0.357 e. The molecule has 2 rings (SSSR count). The molecule has 0 aliphatic rings. The van der Waals surface area contributed by atoms with E-state index in [1.165, 1.54) is 5.56 Å². The second-order valence-corrected chi connectivity index (χ2v) is 4.75. The van der Waals surface area contributed by atoms with Crippen LogP contribution in [0.15, 0.2) is 36.5 Å². The van der Waals surface area contributed by atoms with Crippen molar-refractivity contribution in [1.29, 1.82) is 0 Å². The summed E-state index contributed by atoms with van der Waals surface area (Å²) in [4.78, 5) is 0. The van der Waals surface area contributed by atoms with Crippen molar-refractivity contribution in [2.45, 2.75) is 26.9 Å². The molecule has 1 aromatic heterocycles. The van der Waals surface area contributed by atoms with Crippen LogP contribution in [0.1, 0.15) is 18.2 Å². The first-order valence-corrected chi connectivity index (χ1v) is 6.72. The summed E-state index contributed by atoms with van der Waals surface area (Å²) in [7, 11) is 0. The highest BCUT2D eigenvalue weighted by Gasteiger charge is 2.00. The Bertz CT molecular complexity index is 562. The van der Waals surface area contributed by atoms with Gasteiger partial charge in [0.15, 0.2) is 5.11 Å². The summed E-state index contributed by atoms with van der Waals surface area (Å²) in [5.41, 5.74) is 3.18. The second kappa shape index (κ2) is 6.33. The average Bonchev–Trinajstić information content (AvgIpc) is 2.84. The van der Waals surface area contributed by atoms with Gasteiger partial charge in [-0.05, 0) is 49.8 Å². The lowest BCUT2D eigenvalue weighted by Gasteiger charge is -2.09. The summed E-state index contributed by atoms with van der Waals surface area (Å²) in [6.45, 7) is 5.63. The van der Waals surface area contributed by atoms with Gasteiger partial charge in [-0.1, -0.05) is 12.1 Å². The van der Waals surface area contributed by atoms with Crippen molar-refractivity contribution in [3.05, 3.63) is 47.8 Å². The summed E-state index contributed by atoms with van der Waals surface area (Å²) in [6.07, 6.45) is 1.97. The number of thiocarbonyl (C=S) groups is 1. The van der Waals surface area contributed by atoms with E-state index < -0.39 is 0 Å². The van der Waals surface area contributed by atoms with Gasteiger partial charge in [-0.15, -0.1) is 0 Å². The lowest BCUT2D eigenvalue weighted by Crippen LogP contribution is -2.28. The van der Waals surface area contributed by atoms with Crippen molar-refractivity contribution < 1.29 is 0 Å². The Labute approximate surface area is 118 Å². The van der Waals surface area contributed by atoms with Crippen molar-refractivity contribution in [2.24, 2.45) is 0 Å². The van der Waals surface area contributed by atoms with Gasteiger partial charge < -0.3 is 10.6 Å². The number of nitrogens with one attached hydrogen (secondary N) is 2. The van der Waals surface area contributed by atoms with Crippen LogP contribution in [-0.2, 0) is 13.1 Å². The molecule has 1 heterocycles. The molecular formula is C14H18N4S. The Morgan fingerprint density at radius 3 is 2.89 bits per heavy atom. The minimum atomic E-state index is 0.608. The van der Waals surface area contributed by atoms with Crippen LogP contribution in [0, 0.1) is 6.92 Å². The third-order valence-corrected chi connectivity index (χ3v) is 2.97. The molecule has 19 heavy (non-hydrogen) atoms. The highest BCUT2D eigenvalue weighted by molar-refractivity contribution is 7.80. The normalized spacial score (nSPS) is 10.2. The predicted molar refractivity (Wildman–Crippen MR) is 82.1 cm³/mol. The van der Waals surface area contributed by atoms with Gasteiger partial charge in [-0.3, -0.25) is 4.68 Å². The van der Waals surface area contributed by atoms with Gasteiger partial charge in [0, 0.05) is 18.4 Å². The molecule has 5 heteroatoms. The van der Waals surface area contributed by atoms with Gasteiger partial charge in [-0.2, -0.15) is 5.10 Å². The molecule has 1 aromatic carbocycles. The Balaban J connectivity index is 1.84. The molecule has 0 saturated carbocycles. The van der Waals surface area contributed by atoms with Gasteiger partial charge in [0.2, 0.25) is 0 Å². The Hall–Kier alpha value is -1.88. The van der Waals surface area contributed by atoms with E-state index in [4.69, 9.17) is 12.2 Å². The van der Waals surface area contributed by atoms with Crippen molar-refractivity contribution >= 4 is 23.0 Å². The molecule has 0 aliphatic carbocycles. The molecular weight excluding hydrogens is 256 g/mol. The second-order valence-electron chi connectivity index (χ2n) is 4.34. The minimum Gasteiger partial charge on any atom is -0.357 e. The zero-order valence-corrected chi connectivity index (χ0v) is 12.0. The Morgan fingerprint density at radius 1 is 1.37 bits per heavy atom. The van der Waals surface area contributed by atoms with Crippen LogP contribution in [0.3, 0.4) is 0 Å². The lowest BCUT2D eigenvalue weighted by molar-refractivity contribution is 0.643. The van der Waals surface area contributed by atoms with Gasteiger partial charge in [-0.25, -0.2) is 0 Å². The Kier molecular flexibility index (Phi) is 4.52. The summed E-state index contributed by atoms with van der Waals surface area (Å²) in [5, 5.41) is 11.3. The highest BCUT2D eigenvalue weighted by Crippen LogP contribution is 2.09. The SMILES string of the molecule is CCn1ccc(CNC(=S)Nc2cccc(C)c2)n1. The number of aromatic nitrogens is 2. The van der Waals surface area contributed by atoms with Crippen LogP contribution in [0.25, 0.3) is 0 Å². The van der Waals surface area contributed by atoms with Crippen molar-refractivity contribution in [2.75, 3.05) is 5.32 Å². The molecule has 100 valence electrons. The number of hydrogen-bond acceptors (Lipinski definition) is 2. The molecule has 0 aliphatic heterocycles. The standard InChI is InChI=1S/C14H18N4S/c1-3-18-8-7-13(17-18)10-15-14(19)16-12-6-4-5-11(2)9-12/h4-9H,3,10H2,1-2H3,(H2,15,16,19). The van der Waals surface area contributed by atoms with Gasteiger partial charge in [0.1, 0.15) is 0 Å². The number of hydrogen-bond donors (Lipinski definition) is 2. The average molecular weight is 274 g/mol. The molecule has 0 bridgehead atoms. The monoisotopic (exact) mass is 274 g/mol. The fourth-order valence-electron chi connectivity index (χ4n) is 1.74. The van der Waals surface area contributed by atoms with Crippen LogP contribution in [-0.4, -0.2) is 14.9 Å². The highest BCUT2D eigenvalue weighted by atomic mass is 32.1. The van der Waals surface area contributed by atoms with Crippen LogP contribution < -0.4 is 10.6 Å². The molecule has 0 saturated heterocycles. The third-order valence-electron chi connectivity index (χ3n) is 2.73. The number of anilines is 1. The maximum absolute atomic E-state index is 5.26. The molecule has 0 amide bonds. The molecule has 0 spiro atoms. The van der Waals surface area contributed by atoms with E-state index in [9.17, 15) is 0 Å². The summed E-state index contributed by atoms with van der Waals surface area (Å²) in [5.74, 6) is 0. The van der Waals surface area contributed by atoms with Crippen molar-refractivity contribution in [3.63, 3.8) is 0 Å². The maximum Gasteiger partial charge on any atom is 0.171 e. The minimum absolute atomic E-state index is 0.608. The smallest absolute Gasteiger partial charge is 0.171 e. The summed E-state index contributed by atoms with van der Waals surface area (Å²) >= 11 is 5.26. The van der Waals surface area contributed by atoms with E-state index in [-0.39, 0.29) is 0 Å². The van der Waals surface area contributed by atoms with Gasteiger partial charge in [0.05, 0.1) is 12.2 Å². The van der Waals surface area contributed by atoms with Crippen LogP contribution in [0.2, 0.25) is 0 Å². The quantitative estimate of drug-likeness (QED) is 0.841. The Morgan fingerprint density at radius 2 is 2.21 bits per heavy atom. The van der Waals surface area contributed by atoms with Crippen LogP contribution in [0.4, 0.5) is 5.69 Å². The maximum atomic E-state index is 5.26. The molecule has 2 N–H and O–H groups in total. The number of benzene rings is 1. The van der Waals surface area contributed by atoms with Crippen LogP contribution >= 0.6 is 12.2 Å². The summed E-state index contributed by atoms with van der Waals surface area (Å²) < 4.78 is 1.90. The number of nitrogens with zero attached hydrogens (tertiary/aromatic N) is 2. The van der Waals surface area contributed by atoms with E-state index in [0.29, 0.717) is 11.7 Å². The van der Waals surface area contributed by atoms with E-state index in [1.54, 1.807) is 0 Å². The number of rotatable bonds is 4. The van der Waals surface area contributed by atoms with Gasteiger partial charge >= 0.3 is 0 Å². The molecule has 0 atom stereocenters. The third kappa shape index (κ3) is 4.06. The molecule has 4 nitrogen and oxygen atoms in total. The topological polar surface area (TPSA) is 41.9 Å². The first kappa shape index (κ1) is 13.5. The zero-order chi connectivity index (χ0) is 13.7. The first-order chi connectivity index (χ1) is 9.17. The predicted octanol–water partition coefficient (Wildman–Crippen LogP) is 2.70. The van der Waals surface area contributed by atoms with Crippen LogP contribution in [0.5, 0.6) is 0 Å². The van der Waals surface area contributed by atoms with E-state index in [2.05, 4.69) is 41.7 Å². The molecule has 0 fully saturated rings. The van der Waals surface area contributed by atoms with E-state index in [0.717, 1.165) is 17.9 Å². The molecule has 2 aromatic rings. The first-order valence-electron chi connectivity index (χ1n) is 6.31. The van der Waals surface area contributed by atoms with Crippen molar-refractivity contribution in [3.8, 4) is 0 Å². The van der Waals surface area contributed by atoms with Gasteiger partial charge in [0.25, 0.3) is 0 Å². The molecule has 0 unspecified atom stereocenters. The fraction of sp³-hybridized carbons (Fsp3) is 0.286. The zero-order valence-electron chi connectivity index (χ0n) is 11.2. The van der Waals surface area contributed by atoms with E-state index in [1.807, 2.05) is 29.1 Å². The number of aryl methyl sites for hydroxylation is 2. The van der Waals surface area contributed by atoms with E-state index >= 15 is 0 Å². The lowest BCUT2D eigenvalue weighted by atomic mass is 10.2.